The maximum Gasteiger partial charge on any atom is 0.0234 e. The first-order valence-electron chi connectivity index (χ1n) is 6.26. The Morgan fingerprint density at radius 1 is 1.29 bits per heavy atom. The van der Waals surface area contributed by atoms with Gasteiger partial charge in [0, 0.05) is 23.6 Å². The molecular formula is C14H23BrN2. The largest absolute Gasteiger partial charge is 0.318 e. The summed E-state index contributed by atoms with van der Waals surface area (Å²) in [7, 11) is 4.23. The van der Waals surface area contributed by atoms with Gasteiger partial charge < -0.3 is 5.32 Å². The van der Waals surface area contributed by atoms with Crippen molar-refractivity contribution >= 4 is 15.9 Å². The summed E-state index contributed by atoms with van der Waals surface area (Å²) in [6, 6.07) is 9.20. The van der Waals surface area contributed by atoms with E-state index in [-0.39, 0.29) is 0 Å². The van der Waals surface area contributed by atoms with Crippen LogP contribution in [0.5, 0.6) is 0 Å². The number of hydrogen-bond acceptors (Lipinski definition) is 2. The molecule has 17 heavy (non-hydrogen) atoms. The second-order valence-corrected chi connectivity index (χ2v) is 5.46. The first-order chi connectivity index (χ1) is 8.17. The number of nitrogens with zero attached hydrogens (tertiary/aromatic N) is 1. The van der Waals surface area contributed by atoms with Gasteiger partial charge in [0.1, 0.15) is 0 Å². The van der Waals surface area contributed by atoms with Crippen LogP contribution >= 0.6 is 15.9 Å². The molecule has 1 aromatic rings. The maximum absolute atomic E-state index is 3.47. The average molecular weight is 299 g/mol. The van der Waals surface area contributed by atoms with E-state index < -0.39 is 0 Å². The molecule has 0 amide bonds. The highest BCUT2D eigenvalue weighted by Crippen LogP contribution is 2.14. The molecule has 1 N–H and O–H groups in total. The van der Waals surface area contributed by atoms with Crippen LogP contribution in [0.4, 0.5) is 0 Å². The predicted octanol–water partition coefficient (Wildman–Crippen LogP) is 3.27. The topological polar surface area (TPSA) is 15.3 Å². The molecular weight excluding hydrogens is 276 g/mol. The highest BCUT2D eigenvalue weighted by molar-refractivity contribution is 9.10. The van der Waals surface area contributed by atoms with Crippen molar-refractivity contribution in [2.24, 2.45) is 0 Å². The average Bonchev–Trinajstić information content (AvgIpc) is 2.32. The van der Waals surface area contributed by atoms with Crippen molar-refractivity contribution in [3.05, 3.63) is 34.3 Å². The van der Waals surface area contributed by atoms with Gasteiger partial charge in [0.05, 0.1) is 0 Å². The third-order valence-electron chi connectivity index (χ3n) is 3.03. The number of benzene rings is 1. The molecule has 0 saturated carbocycles. The molecule has 0 aromatic heterocycles. The lowest BCUT2D eigenvalue weighted by atomic mass is 10.1. The Bertz CT molecular complexity index is 305. The summed E-state index contributed by atoms with van der Waals surface area (Å²) in [5, 5.41) is 3.28. The van der Waals surface area contributed by atoms with Crippen LogP contribution in [0.25, 0.3) is 0 Å². The molecule has 1 unspecified atom stereocenters. The maximum atomic E-state index is 3.47. The highest BCUT2D eigenvalue weighted by Gasteiger charge is 2.12. The Morgan fingerprint density at radius 2 is 1.94 bits per heavy atom. The van der Waals surface area contributed by atoms with Gasteiger partial charge in [-0.2, -0.15) is 0 Å². The van der Waals surface area contributed by atoms with Gasteiger partial charge >= 0.3 is 0 Å². The van der Waals surface area contributed by atoms with E-state index in [1.54, 1.807) is 0 Å². The molecule has 1 rings (SSSR count). The minimum absolute atomic E-state index is 0.619. The van der Waals surface area contributed by atoms with Crippen LogP contribution in [0.3, 0.4) is 0 Å². The van der Waals surface area contributed by atoms with Gasteiger partial charge in [-0.3, -0.25) is 4.90 Å². The van der Waals surface area contributed by atoms with Crippen LogP contribution in [0.2, 0.25) is 0 Å². The molecule has 0 aliphatic rings. The van der Waals surface area contributed by atoms with E-state index in [0.717, 1.165) is 17.6 Å². The Labute approximate surface area is 114 Å². The van der Waals surface area contributed by atoms with E-state index in [1.165, 1.54) is 18.4 Å². The van der Waals surface area contributed by atoms with Crippen molar-refractivity contribution in [3.63, 3.8) is 0 Å². The van der Waals surface area contributed by atoms with Crippen LogP contribution in [-0.4, -0.2) is 31.6 Å². The zero-order valence-electron chi connectivity index (χ0n) is 11.0. The fourth-order valence-corrected chi connectivity index (χ4v) is 2.32. The summed E-state index contributed by atoms with van der Waals surface area (Å²) in [4.78, 5) is 2.43. The first kappa shape index (κ1) is 14.7. The minimum atomic E-state index is 0.619. The van der Waals surface area contributed by atoms with Crippen molar-refractivity contribution in [1.29, 1.82) is 0 Å². The third kappa shape index (κ3) is 5.19. The lowest BCUT2D eigenvalue weighted by molar-refractivity contribution is 0.218. The summed E-state index contributed by atoms with van der Waals surface area (Å²) in [6.45, 7) is 4.32. The Hall–Kier alpha value is -0.380. The van der Waals surface area contributed by atoms with E-state index in [2.05, 4.69) is 64.4 Å². The van der Waals surface area contributed by atoms with E-state index in [4.69, 9.17) is 0 Å². The summed E-state index contributed by atoms with van der Waals surface area (Å²) in [5.74, 6) is 0. The third-order valence-corrected chi connectivity index (χ3v) is 3.56. The molecule has 96 valence electrons. The number of halogens is 1. The van der Waals surface area contributed by atoms with Crippen molar-refractivity contribution < 1.29 is 0 Å². The fraction of sp³-hybridized carbons (Fsp3) is 0.571. The van der Waals surface area contributed by atoms with Gasteiger partial charge in [0.25, 0.3) is 0 Å². The van der Waals surface area contributed by atoms with Gasteiger partial charge in [-0.25, -0.2) is 0 Å². The number of rotatable bonds is 7. The lowest BCUT2D eigenvalue weighted by Crippen LogP contribution is -2.38. The van der Waals surface area contributed by atoms with Crippen molar-refractivity contribution in [3.8, 4) is 0 Å². The van der Waals surface area contributed by atoms with Gasteiger partial charge in [0.2, 0.25) is 0 Å². The molecule has 0 radical (unpaired) electrons. The minimum Gasteiger partial charge on any atom is -0.318 e. The van der Waals surface area contributed by atoms with Crippen molar-refractivity contribution in [2.45, 2.75) is 32.4 Å². The molecule has 0 fully saturated rings. The Morgan fingerprint density at radius 3 is 2.47 bits per heavy atom. The number of nitrogens with one attached hydrogen (secondary N) is 1. The van der Waals surface area contributed by atoms with Crippen LogP contribution in [0, 0.1) is 0 Å². The molecule has 0 aliphatic carbocycles. The van der Waals surface area contributed by atoms with Crippen LogP contribution in [0.1, 0.15) is 25.3 Å². The molecule has 1 aromatic carbocycles. The molecule has 1 atom stereocenters. The fourth-order valence-electron chi connectivity index (χ4n) is 2.05. The van der Waals surface area contributed by atoms with Gasteiger partial charge in [-0.15, -0.1) is 0 Å². The normalized spacial score (nSPS) is 13.0. The zero-order valence-corrected chi connectivity index (χ0v) is 12.6. The lowest BCUT2D eigenvalue weighted by Gasteiger charge is -2.27. The second-order valence-electron chi connectivity index (χ2n) is 4.54. The quantitative estimate of drug-likeness (QED) is 0.831. The van der Waals surface area contributed by atoms with E-state index in [9.17, 15) is 0 Å². The van der Waals surface area contributed by atoms with E-state index >= 15 is 0 Å². The number of hydrogen-bond donors (Lipinski definition) is 1. The van der Waals surface area contributed by atoms with Crippen LogP contribution < -0.4 is 5.32 Å². The molecule has 0 bridgehead atoms. The molecule has 3 heteroatoms. The monoisotopic (exact) mass is 298 g/mol. The highest BCUT2D eigenvalue weighted by atomic mass is 79.9. The first-order valence-corrected chi connectivity index (χ1v) is 7.06. The van der Waals surface area contributed by atoms with E-state index in [1.807, 2.05) is 7.05 Å². The zero-order chi connectivity index (χ0) is 12.7. The standard InChI is InChI=1S/C14H23BrN2/c1-4-5-14(10-16-2)17(3)11-12-6-8-13(15)9-7-12/h6-9,14,16H,4-5,10-11H2,1-3H3. The summed E-state index contributed by atoms with van der Waals surface area (Å²) in [5.41, 5.74) is 1.37. The summed E-state index contributed by atoms with van der Waals surface area (Å²) < 4.78 is 1.14. The van der Waals surface area contributed by atoms with Gasteiger partial charge in [-0.1, -0.05) is 41.4 Å². The number of likely N-dealkylation sites (N-methyl/N-ethyl adjacent to an activating group) is 2. The second kappa shape index (κ2) is 7.85. The van der Waals surface area contributed by atoms with Gasteiger partial charge in [-0.05, 0) is 38.2 Å². The predicted molar refractivity (Wildman–Crippen MR) is 78.2 cm³/mol. The van der Waals surface area contributed by atoms with Gasteiger partial charge in [0.15, 0.2) is 0 Å². The van der Waals surface area contributed by atoms with Crippen LogP contribution in [-0.2, 0) is 6.54 Å². The Kier molecular flexibility index (Phi) is 6.78. The molecule has 0 spiro atoms. The van der Waals surface area contributed by atoms with Crippen LogP contribution in [0.15, 0.2) is 28.7 Å². The molecule has 2 nitrogen and oxygen atoms in total. The SMILES string of the molecule is CCCC(CNC)N(C)Cc1ccc(Br)cc1. The van der Waals surface area contributed by atoms with E-state index in [0.29, 0.717) is 6.04 Å². The molecule has 0 heterocycles. The summed E-state index contributed by atoms with van der Waals surface area (Å²) in [6.07, 6.45) is 2.48. The Balaban J connectivity index is 2.55. The summed E-state index contributed by atoms with van der Waals surface area (Å²) >= 11 is 3.47. The smallest absolute Gasteiger partial charge is 0.0234 e. The molecule has 0 saturated heterocycles. The van der Waals surface area contributed by atoms with Crippen molar-refractivity contribution in [2.75, 3.05) is 20.6 Å². The molecule has 0 aliphatic heterocycles. The van der Waals surface area contributed by atoms with Crippen molar-refractivity contribution in [1.82, 2.24) is 10.2 Å².